The van der Waals surface area contributed by atoms with Gasteiger partial charge in [0.05, 0.1) is 11.8 Å². The lowest BCUT2D eigenvalue weighted by Crippen LogP contribution is -2.18. The highest BCUT2D eigenvalue weighted by Crippen LogP contribution is 2.27. The molecule has 0 bridgehead atoms. The van der Waals surface area contributed by atoms with Gasteiger partial charge in [0.1, 0.15) is 0 Å². The topological polar surface area (TPSA) is 78.1 Å². The van der Waals surface area contributed by atoms with Gasteiger partial charge in [0.25, 0.3) is 5.89 Å². The van der Waals surface area contributed by atoms with Gasteiger partial charge < -0.3 is 14.7 Å². The number of rotatable bonds is 3. The van der Waals surface area contributed by atoms with Crippen molar-refractivity contribution in [3.8, 4) is 11.5 Å². The molecule has 80 valence electrons. The summed E-state index contributed by atoms with van der Waals surface area (Å²) >= 11 is 5.77. The lowest BCUT2D eigenvalue weighted by Gasteiger charge is -1.96. The zero-order valence-corrected chi connectivity index (χ0v) is 8.86. The predicted octanol–water partition coefficient (Wildman–Crippen LogP) is 1.87. The molecule has 15 heavy (non-hydrogen) atoms. The Morgan fingerprint density at radius 2 is 2.40 bits per heavy atom. The molecular weight excluding hydrogens is 218 g/mol. The van der Waals surface area contributed by atoms with Crippen LogP contribution in [0.2, 0.25) is 5.22 Å². The first-order chi connectivity index (χ1) is 7.16. The molecule has 0 aliphatic heterocycles. The third kappa shape index (κ3) is 2.19. The zero-order chi connectivity index (χ0) is 10.8. The summed E-state index contributed by atoms with van der Waals surface area (Å²) in [5, 5.41) is 4.03. The van der Waals surface area contributed by atoms with Crippen LogP contribution in [0, 0.1) is 0 Å². The van der Waals surface area contributed by atoms with E-state index in [0.29, 0.717) is 23.7 Å². The van der Waals surface area contributed by atoms with E-state index in [1.54, 1.807) is 6.07 Å². The third-order valence-corrected chi connectivity index (χ3v) is 2.11. The zero-order valence-electron chi connectivity index (χ0n) is 8.11. The van der Waals surface area contributed by atoms with Gasteiger partial charge in [0, 0.05) is 12.5 Å². The van der Waals surface area contributed by atoms with Crippen LogP contribution in [0.25, 0.3) is 11.5 Å². The number of nitrogens with two attached hydrogens (primary N) is 1. The Kier molecular flexibility index (Phi) is 2.75. The quantitative estimate of drug-likeness (QED) is 0.866. The largest absolute Gasteiger partial charge is 0.452 e. The van der Waals surface area contributed by atoms with Crippen LogP contribution < -0.4 is 5.73 Å². The number of furan rings is 1. The first-order valence-electron chi connectivity index (χ1n) is 4.48. The van der Waals surface area contributed by atoms with E-state index in [0.717, 1.165) is 0 Å². The van der Waals surface area contributed by atoms with E-state index >= 15 is 0 Å². The fraction of sp³-hybridized carbons (Fsp3) is 0.333. The van der Waals surface area contributed by atoms with Crippen molar-refractivity contribution >= 4 is 11.6 Å². The standard InChI is InChI=1S/C9H10ClN3O2/c1-5(11)4-7-12-9(15-13-7)6-2-3-14-8(6)10/h2-3,5H,4,11H2,1H3. The van der Waals surface area contributed by atoms with Crippen molar-refractivity contribution in [1.82, 2.24) is 10.1 Å². The van der Waals surface area contributed by atoms with Crippen LogP contribution in [0.15, 0.2) is 21.3 Å². The molecule has 6 heteroatoms. The molecule has 2 heterocycles. The molecule has 2 aromatic heterocycles. The van der Waals surface area contributed by atoms with E-state index < -0.39 is 0 Å². The van der Waals surface area contributed by atoms with Crippen molar-refractivity contribution in [3.05, 3.63) is 23.4 Å². The van der Waals surface area contributed by atoms with Crippen molar-refractivity contribution in [1.29, 1.82) is 0 Å². The second kappa shape index (κ2) is 4.04. The van der Waals surface area contributed by atoms with Crippen molar-refractivity contribution < 1.29 is 8.94 Å². The highest BCUT2D eigenvalue weighted by Gasteiger charge is 2.14. The second-order valence-electron chi connectivity index (χ2n) is 3.31. The summed E-state index contributed by atoms with van der Waals surface area (Å²) in [5.74, 6) is 0.918. The molecule has 2 aromatic rings. The molecule has 2 N–H and O–H groups in total. The normalized spacial score (nSPS) is 13.0. The van der Waals surface area contributed by atoms with E-state index in [9.17, 15) is 0 Å². The fourth-order valence-corrected chi connectivity index (χ4v) is 1.38. The maximum atomic E-state index is 5.77. The molecule has 0 saturated heterocycles. The van der Waals surface area contributed by atoms with Gasteiger partial charge in [-0.15, -0.1) is 0 Å². The number of aromatic nitrogens is 2. The molecule has 0 aliphatic rings. The molecular formula is C9H10ClN3O2. The molecule has 0 aromatic carbocycles. The van der Waals surface area contributed by atoms with Gasteiger partial charge in [-0.1, -0.05) is 5.16 Å². The van der Waals surface area contributed by atoms with E-state index in [1.807, 2.05) is 6.92 Å². The maximum absolute atomic E-state index is 5.77. The third-order valence-electron chi connectivity index (χ3n) is 1.82. The lowest BCUT2D eigenvalue weighted by atomic mass is 10.2. The summed E-state index contributed by atoms with van der Waals surface area (Å²) in [4.78, 5) is 4.15. The van der Waals surface area contributed by atoms with E-state index in [4.69, 9.17) is 26.3 Å². The van der Waals surface area contributed by atoms with Crippen molar-refractivity contribution in [2.24, 2.45) is 5.73 Å². The van der Waals surface area contributed by atoms with Crippen LogP contribution in [0.5, 0.6) is 0 Å². The van der Waals surface area contributed by atoms with Crippen molar-refractivity contribution in [3.63, 3.8) is 0 Å². The second-order valence-corrected chi connectivity index (χ2v) is 3.65. The summed E-state index contributed by atoms with van der Waals surface area (Å²) in [6.07, 6.45) is 2.03. The molecule has 1 atom stereocenters. The van der Waals surface area contributed by atoms with Crippen LogP contribution >= 0.6 is 11.6 Å². The molecule has 1 unspecified atom stereocenters. The van der Waals surface area contributed by atoms with Crippen LogP contribution in [-0.4, -0.2) is 16.2 Å². The summed E-state index contributed by atoms with van der Waals surface area (Å²) in [6, 6.07) is 1.67. The predicted molar refractivity (Wildman–Crippen MR) is 54.4 cm³/mol. The summed E-state index contributed by atoms with van der Waals surface area (Å²) in [7, 11) is 0. The Morgan fingerprint density at radius 3 is 3.00 bits per heavy atom. The molecule has 0 aliphatic carbocycles. The number of nitrogens with zero attached hydrogens (tertiary/aromatic N) is 2. The van der Waals surface area contributed by atoms with Gasteiger partial charge in [-0.2, -0.15) is 4.98 Å². The lowest BCUT2D eigenvalue weighted by molar-refractivity contribution is 0.420. The van der Waals surface area contributed by atoms with Gasteiger partial charge in [-0.3, -0.25) is 0 Å². The Hall–Kier alpha value is -1.33. The number of hydrogen-bond acceptors (Lipinski definition) is 5. The average Bonchev–Trinajstić information content (AvgIpc) is 2.72. The molecule has 0 radical (unpaired) electrons. The summed E-state index contributed by atoms with van der Waals surface area (Å²) in [5.41, 5.74) is 6.21. The number of hydrogen-bond donors (Lipinski definition) is 1. The number of halogens is 1. The molecule has 5 nitrogen and oxygen atoms in total. The highest BCUT2D eigenvalue weighted by atomic mass is 35.5. The first-order valence-corrected chi connectivity index (χ1v) is 4.86. The van der Waals surface area contributed by atoms with Crippen LogP contribution in [-0.2, 0) is 6.42 Å². The molecule has 0 saturated carbocycles. The van der Waals surface area contributed by atoms with Crippen molar-refractivity contribution in [2.45, 2.75) is 19.4 Å². The molecule has 0 fully saturated rings. The van der Waals surface area contributed by atoms with Crippen LogP contribution in [0.1, 0.15) is 12.7 Å². The minimum absolute atomic E-state index is 0.00438. The fourth-order valence-electron chi connectivity index (χ4n) is 1.18. The Bertz CT molecular complexity index is 450. The van der Waals surface area contributed by atoms with Gasteiger partial charge in [-0.25, -0.2) is 0 Å². The van der Waals surface area contributed by atoms with Gasteiger partial charge in [0.15, 0.2) is 5.82 Å². The SMILES string of the molecule is CC(N)Cc1noc(-c2ccoc2Cl)n1. The maximum Gasteiger partial charge on any atom is 0.262 e. The summed E-state index contributed by atoms with van der Waals surface area (Å²) in [6.45, 7) is 1.88. The van der Waals surface area contributed by atoms with Crippen LogP contribution in [0.4, 0.5) is 0 Å². The smallest absolute Gasteiger partial charge is 0.262 e. The van der Waals surface area contributed by atoms with Crippen LogP contribution in [0.3, 0.4) is 0 Å². The highest BCUT2D eigenvalue weighted by molar-refractivity contribution is 6.31. The molecule has 0 spiro atoms. The Labute approximate surface area is 91.2 Å². The average molecular weight is 228 g/mol. The van der Waals surface area contributed by atoms with E-state index in [-0.39, 0.29) is 11.3 Å². The van der Waals surface area contributed by atoms with Gasteiger partial charge in [0.2, 0.25) is 5.22 Å². The molecule has 0 amide bonds. The minimum Gasteiger partial charge on any atom is -0.452 e. The summed E-state index contributed by atoms with van der Waals surface area (Å²) < 4.78 is 9.95. The molecule has 2 rings (SSSR count). The first kappa shape index (κ1) is 10.2. The Morgan fingerprint density at radius 1 is 1.60 bits per heavy atom. The van der Waals surface area contributed by atoms with Gasteiger partial charge in [-0.05, 0) is 24.6 Å². The van der Waals surface area contributed by atoms with Gasteiger partial charge >= 0.3 is 0 Å². The van der Waals surface area contributed by atoms with Crippen molar-refractivity contribution in [2.75, 3.05) is 0 Å². The minimum atomic E-state index is -0.00438. The monoisotopic (exact) mass is 227 g/mol. The van der Waals surface area contributed by atoms with E-state index in [1.165, 1.54) is 6.26 Å². The Balaban J connectivity index is 2.24. The van der Waals surface area contributed by atoms with E-state index in [2.05, 4.69) is 10.1 Å².